The van der Waals surface area contributed by atoms with E-state index in [0.717, 1.165) is 21.5 Å². The van der Waals surface area contributed by atoms with Gasteiger partial charge in [0.15, 0.2) is 14.7 Å². The van der Waals surface area contributed by atoms with Crippen LogP contribution in [0.1, 0.15) is 13.3 Å². The van der Waals surface area contributed by atoms with Gasteiger partial charge in [-0.15, -0.1) is 0 Å². The van der Waals surface area contributed by atoms with Crippen molar-refractivity contribution in [2.75, 3.05) is 0 Å². The summed E-state index contributed by atoms with van der Waals surface area (Å²) in [5.74, 6) is 1.66. The summed E-state index contributed by atoms with van der Waals surface area (Å²) in [5.41, 5.74) is 0. The third kappa shape index (κ3) is 5.63. The molecule has 0 amide bonds. The molecule has 0 spiro atoms. The van der Waals surface area contributed by atoms with Crippen LogP contribution in [-0.4, -0.2) is 6.29 Å². The van der Waals surface area contributed by atoms with E-state index in [9.17, 15) is 0 Å². The lowest BCUT2D eigenvalue weighted by atomic mass is 10.3. The second-order valence-electron chi connectivity index (χ2n) is 6.91. The van der Waals surface area contributed by atoms with Crippen molar-refractivity contribution in [2.45, 2.75) is 34.3 Å². The van der Waals surface area contributed by atoms with Crippen LogP contribution < -0.4 is 9.47 Å². The first kappa shape index (κ1) is 21.8. The Kier molecular flexibility index (Phi) is 7.54. The lowest BCUT2D eigenvalue weighted by Gasteiger charge is -2.20. The molecule has 0 fully saturated rings. The van der Waals surface area contributed by atoms with E-state index >= 15 is 0 Å². The Hall–Kier alpha value is -2.44. The van der Waals surface area contributed by atoms with Crippen molar-refractivity contribution in [3.05, 3.63) is 113 Å². The molecule has 4 rings (SSSR count). The van der Waals surface area contributed by atoms with Gasteiger partial charge in [-0.25, -0.2) is 0 Å². The van der Waals surface area contributed by atoms with E-state index in [0.29, 0.717) is 0 Å². The largest absolute Gasteiger partial charge is 0.455 e. The number of ether oxygens (including phenoxy) is 2. The fourth-order valence-electron chi connectivity index (χ4n) is 3.20. The number of benzene rings is 4. The van der Waals surface area contributed by atoms with Gasteiger partial charge in [0.25, 0.3) is 0 Å². The normalized spacial score (nSPS) is 11.8. The molecule has 4 aromatic carbocycles. The van der Waals surface area contributed by atoms with E-state index < -0.39 is 0 Å². The van der Waals surface area contributed by atoms with Gasteiger partial charge < -0.3 is 9.47 Å². The summed E-state index contributed by atoms with van der Waals surface area (Å²) >= 11 is 2.28. The lowest BCUT2D eigenvalue weighted by molar-refractivity contribution is 0.00262. The maximum atomic E-state index is 6.15. The molecule has 1 unspecified atom stereocenters. The van der Waals surface area contributed by atoms with Crippen LogP contribution in [0, 0.1) is 3.57 Å². The molecule has 0 radical (unpaired) electrons. The Bertz CT molecular complexity index is 1050. The number of para-hydroxylation sites is 1. The average molecular weight is 539 g/mol. The van der Waals surface area contributed by atoms with Crippen molar-refractivity contribution in [3.8, 4) is 11.5 Å². The molecule has 0 aliphatic carbocycles. The van der Waals surface area contributed by atoms with Crippen molar-refractivity contribution in [1.82, 2.24) is 0 Å². The van der Waals surface area contributed by atoms with E-state index in [1.807, 2.05) is 36.4 Å². The Morgan fingerprint density at radius 3 is 1.71 bits per heavy atom. The zero-order valence-corrected chi connectivity index (χ0v) is 20.3. The molecule has 2 nitrogen and oxygen atoms in total. The van der Waals surface area contributed by atoms with Crippen molar-refractivity contribution in [2.24, 2.45) is 0 Å². The first-order valence-electron chi connectivity index (χ1n) is 10.3. The molecule has 0 N–H and O–H groups in total. The van der Waals surface area contributed by atoms with E-state index in [2.05, 4.69) is 102 Å². The fourth-order valence-corrected chi connectivity index (χ4v) is 5.80. The molecule has 31 heavy (non-hydrogen) atoms. The number of hydrogen-bond donors (Lipinski definition) is 0. The highest BCUT2D eigenvalue weighted by Gasteiger charge is 2.28. The van der Waals surface area contributed by atoms with Crippen LogP contribution in [-0.2, 0) is 10.9 Å². The highest BCUT2D eigenvalue weighted by Crippen LogP contribution is 2.32. The third-order valence-electron chi connectivity index (χ3n) is 4.71. The molecule has 0 saturated heterocycles. The van der Waals surface area contributed by atoms with Gasteiger partial charge in [0, 0.05) is 6.42 Å². The first-order chi connectivity index (χ1) is 15.2. The molecule has 0 aliphatic heterocycles. The topological polar surface area (TPSA) is 18.5 Å². The van der Waals surface area contributed by atoms with Gasteiger partial charge in [0.1, 0.15) is 11.5 Å². The zero-order valence-electron chi connectivity index (χ0n) is 17.3. The van der Waals surface area contributed by atoms with Gasteiger partial charge >= 0.3 is 0 Å². The van der Waals surface area contributed by atoms with Crippen LogP contribution in [0.15, 0.2) is 124 Å². The molecule has 1 atom stereocenters. The Morgan fingerprint density at radius 2 is 1.16 bits per heavy atom. The van der Waals surface area contributed by atoms with Gasteiger partial charge in [0.05, 0.1) is 14.5 Å². The fraction of sp³-hybridized carbons (Fsp3) is 0.111. The van der Waals surface area contributed by atoms with Crippen molar-refractivity contribution in [3.63, 3.8) is 0 Å². The zero-order chi connectivity index (χ0) is 21.5. The Morgan fingerprint density at radius 1 is 0.645 bits per heavy atom. The van der Waals surface area contributed by atoms with Crippen molar-refractivity contribution < 1.29 is 9.47 Å². The quantitative estimate of drug-likeness (QED) is 0.131. The molecule has 0 saturated carbocycles. The lowest BCUT2D eigenvalue weighted by Crippen LogP contribution is -2.23. The van der Waals surface area contributed by atoms with E-state index in [4.69, 9.17) is 9.47 Å². The Labute approximate surface area is 200 Å². The summed E-state index contributed by atoms with van der Waals surface area (Å²) < 4.78 is 13.3. The molecule has 4 heteroatoms. The highest BCUT2D eigenvalue weighted by molar-refractivity contribution is 14.1. The van der Waals surface area contributed by atoms with Gasteiger partial charge in [0.2, 0.25) is 6.29 Å². The molecule has 4 aromatic rings. The molecule has 0 aliphatic rings. The predicted octanol–water partition coefficient (Wildman–Crippen LogP) is 7.58. The second-order valence-corrected chi connectivity index (χ2v) is 10.1. The highest BCUT2D eigenvalue weighted by atomic mass is 127. The summed E-state index contributed by atoms with van der Waals surface area (Å²) in [5, 5.41) is 0. The molecular formula is C27H24IO2S+. The predicted molar refractivity (Wildman–Crippen MR) is 136 cm³/mol. The number of rotatable bonds is 8. The minimum absolute atomic E-state index is 0.160. The van der Waals surface area contributed by atoms with Crippen LogP contribution in [0.4, 0.5) is 0 Å². The minimum Gasteiger partial charge on any atom is -0.455 e. The van der Waals surface area contributed by atoms with Gasteiger partial charge in [-0.1, -0.05) is 55.5 Å². The van der Waals surface area contributed by atoms with Crippen LogP contribution in [0.25, 0.3) is 0 Å². The van der Waals surface area contributed by atoms with E-state index in [-0.39, 0.29) is 17.2 Å². The molecule has 0 bridgehead atoms. The summed E-state index contributed by atoms with van der Waals surface area (Å²) in [6, 6.07) is 37.7. The SMILES string of the molecule is CCC(Oc1ccc([S+](c2ccccc2)c2ccccc2)cc1)Oc1ccccc1I. The van der Waals surface area contributed by atoms with E-state index in [1.54, 1.807) is 0 Å². The van der Waals surface area contributed by atoms with Crippen molar-refractivity contribution >= 4 is 33.5 Å². The minimum atomic E-state index is -0.330. The van der Waals surface area contributed by atoms with Crippen LogP contribution in [0.5, 0.6) is 11.5 Å². The molecule has 0 aromatic heterocycles. The number of halogens is 1. The molecule has 156 valence electrons. The van der Waals surface area contributed by atoms with Crippen molar-refractivity contribution in [1.29, 1.82) is 0 Å². The first-order valence-corrected chi connectivity index (χ1v) is 12.6. The van der Waals surface area contributed by atoms with Gasteiger partial charge in [-0.05, 0) is 83.3 Å². The Balaban J connectivity index is 1.55. The number of hydrogen-bond acceptors (Lipinski definition) is 2. The smallest absolute Gasteiger partial charge is 0.240 e. The average Bonchev–Trinajstić information content (AvgIpc) is 2.83. The summed E-state index contributed by atoms with van der Waals surface area (Å²) in [6.45, 7) is 2.07. The summed E-state index contributed by atoms with van der Waals surface area (Å²) in [7, 11) is -0.160. The second kappa shape index (κ2) is 10.7. The third-order valence-corrected chi connectivity index (χ3v) is 7.84. The molecule has 0 heterocycles. The maximum absolute atomic E-state index is 6.15. The summed E-state index contributed by atoms with van der Waals surface area (Å²) in [6.07, 6.45) is 0.425. The standard InChI is InChI=1S/C27H24IO2S/c1-2-27(30-26-16-10-9-15-25(26)28)29-21-17-19-24(20-18-21)31(22-11-5-3-6-12-22)23-13-7-4-8-14-23/h3-20,27H,2H2,1H3/q+1. The van der Waals surface area contributed by atoms with E-state index in [1.165, 1.54) is 14.7 Å². The summed E-state index contributed by atoms with van der Waals surface area (Å²) in [4.78, 5) is 3.86. The molecular weight excluding hydrogens is 515 g/mol. The van der Waals surface area contributed by atoms with Crippen LogP contribution >= 0.6 is 22.6 Å². The monoisotopic (exact) mass is 539 g/mol. The van der Waals surface area contributed by atoms with Crippen LogP contribution in [0.2, 0.25) is 0 Å². The van der Waals surface area contributed by atoms with Crippen LogP contribution in [0.3, 0.4) is 0 Å². The maximum Gasteiger partial charge on any atom is 0.240 e. The van der Waals surface area contributed by atoms with Gasteiger partial charge in [-0.2, -0.15) is 0 Å². The van der Waals surface area contributed by atoms with Gasteiger partial charge in [-0.3, -0.25) is 0 Å².